The lowest BCUT2D eigenvalue weighted by Crippen LogP contribution is -2.35. The predicted molar refractivity (Wildman–Crippen MR) is 80.8 cm³/mol. The smallest absolute Gasteiger partial charge is 0.311 e. The van der Waals surface area contributed by atoms with Crippen molar-refractivity contribution in [3.8, 4) is 5.75 Å². The summed E-state index contributed by atoms with van der Waals surface area (Å²) in [6.07, 6.45) is 1.37. The third-order valence-electron chi connectivity index (χ3n) is 4.93. The standard InChI is InChI=1S/C17H21NO4/c1-17(16(20)21)6-7-18(10-17)15(19)14-9-13(14)11-4-3-5-12(8-11)22-2/h3-5,8,13-14H,6-7,9-10H2,1-2H3,(H,20,21). The van der Waals surface area contributed by atoms with Gasteiger partial charge in [-0.05, 0) is 43.4 Å². The van der Waals surface area contributed by atoms with Crippen molar-refractivity contribution in [1.82, 2.24) is 4.90 Å². The van der Waals surface area contributed by atoms with E-state index in [1.54, 1.807) is 18.9 Å². The molecule has 0 bridgehead atoms. The first-order chi connectivity index (χ1) is 10.4. The van der Waals surface area contributed by atoms with Crippen LogP contribution >= 0.6 is 0 Å². The average Bonchev–Trinajstić information content (AvgIpc) is 3.22. The first-order valence-electron chi connectivity index (χ1n) is 7.61. The first kappa shape index (κ1) is 14.9. The summed E-state index contributed by atoms with van der Waals surface area (Å²) in [6, 6.07) is 7.82. The Morgan fingerprint density at radius 2 is 2.18 bits per heavy atom. The number of nitrogens with zero attached hydrogens (tertiary/aromatic N) is 1. The summed E-state index contributed by atoms with van der Waals surface area (Å²) in [5, 5.41) is 9.26. The number of carbonyl (C=O) groups excluding carboxylic acids is 1. The van der Waals surface area contributed by atoms with E-state index in [-0.39, 0.29) is 17.7 Å². The number of likely N-dealkylation sites (tertiary alicyclic amines) is 1. The summed E-state index contributed by atoms with van der Waals surface area (Å²) in [5.74, 6) is 0.304. The highest BCUT2D eigenvalue weighted by Gasteiger charge is 2.49. The Morgan fingerprint density at radius 3 is 2.82 bits per heavy atom. The fraction of sp³-hybridized carbons (Fsp3) is 0.529. The predicted octanol–water partition coefficient (Wildman–Crippen LogP) is 2.12. The molecule has 1 N–H and O–H groups in total. The number of rotatable bonds is 4. The molecule has 1 amide bonds. The van der Waals surface area contributed by atoms with Crippen LogP contribution in [0.15, 0.2) is 24.3 Å². The second-order valence-corrected chi connectivity index (χ2v) is 6.60. The summed E-state index contributed by atoms with van der Waals surface area (Å²) in [5.41, 5.74) is 0.327. The normalized spacial score (nSPS) is 30.2. The second kappa shape index (κ2) is 5.30. The average molecular weight is 303 g/mol. The van der Waals surface area contributed by atoms with E-state index in [1.165, 1.54) is 0 Å². The van der Waals surface area contributed by atoms with E-state index in [0.717, 1.165) is 17.7 Å². The summed E-state index contributed by atoms with van der Waals surface area (Å²) in [6.45, 7) is 2.58. The van der Waals surface area contributed by atoms with Crippen LogP contribution in [0, 0.1) is 11.3 Å². The zero-order valence-corrected chi connectivity index (χ0v) is 12.9. The number of carboxylic acid groups (broad SMARTS) is 1. The van der Waals surface area contributed by atoms with Crippen LogP contribution in [0.4, 0.5) is 0 Å². The Hall–Kier alpha value is -2.04. The molecular formula is C17H21NO4. The number of methoxy groups -OCH3 is 1. The lowest BCUT2D eigenvalue weighted by molar-refractivity contribution is -0.147. The summed E-state index contributed by atoms with van der Waals surface area (Å²) >= 11 is 0. The lowest BCUT2D eigenvalue weighted by atomic mass is 9.90. The van der Waals surface area contributed by atoms with Crippen LogP contribution in [0.5, 0.6) is 5.75 Å². The van der Waals surface area contributed by atoms with Crippen LogP contribution < -0.4 is 4.74 Å². The summed E-state index contributed by atoms with van der Waals surface area (Å²) < 4.78 is 5.22. The number of carboxylic acids is 1. The van der Waals surface area contributed by atoms with Crippen LogP contribution in [-0.2, 0) is 9.59 Å². The molecule has 118 valence electrons. The topological polar surface area (TPSA) is 66.8 Å². The molecule has 1 aromatic carbocycles. The second-order valence-electron chi connectivity index (χ2n) is 6.60. The molecule has 1 aliphatic carbocycles. The van der Waals surface area contributed by atoms with Crippen molar-refractivity contribution < 1.29 is 19.4 Å². The van der Waals surface area contributed by atoms with E-state index in [1.807, 2.05) is 24.3 Å². The first-order valence-corrected chi connectivity index (χ1v) is 7.61. The number of hydrogen-bond acceptors (Lipinski definition) is 3. The van der Waals surface area contributed by atoms with Crippen molar-refractivity contribution in [2.45, 2.75) is 25.7 Å². The fourth-order valence-electron chi connectivity index (χ4n) is 3.27. The Labute approximate surface area is 129 Å². The number of hydrogen-bond donors (Lipinski definition) is 1. The van der Waals surface area contributed by atoms with Gasteiger partial charge in [0, 0.05) is 19.0 Å². The van der Waals surface area contributed by atoms with E-state index >= 15 is 0 Å². The van der Waals surface area contributed by atoms with Gasteiger partial charge in [-0.2, -0.15) is 0 Å². The highest BCUT2D eigenvalue weighted by Crippen LogP contribution is 2.49. The molecule has 1 aromatic rings. The van der Waals surface area contributed by atoms with Gasteiger partial charge in [0.2, 0.25) is 5.91 Å². The molecule has 5 heteroatoms. The van der Waals surface area contributed by atoms with Crippen LogP contribution in [0.25, 0.3) is 0 Å². The molecule has 3 unspecified atom stereocenters. The van der Waals surface area contributed by atoms with Gasteiger partial charge in [-0.25, -0.2) is 0 Å². The third kappa shape index (κ3) is 2.56. The quantitative estimate of drug-likeness (QED) is 0.925. The van der Waals surface area contributed by atoms with Crippen LogP contribution in [0.1, 0.15) is 31.2 Å². The van der Waals surface area contributed by atoms with Gasteiger partial charge in [-0.3, -0.25) is 9.59 Å². The molecule has 5 nitrogen and oxygen atoms in total. The Kier molecular flexibility index (Phi) is 3.59. The molecule has 3 rings (SSSR count). The lowest BCUT2D eigenvalue weighted by Gasteiger charge is -2.20. The SMILES string of the molecule is COc1cccc(C2CC2C(=O)N2CCC(C)(C(=O)O)C2)c1. The molecule has 3 atom stereocenters. The van der Waals surface area contributed by atoms with Gasteiger partial charge in [-0.15, -0.1) is 0 Å². The molecule has 0 radical (unpaired) electrons. The van der Waals surface area contributed by atoms with Crippen LogP contribution in [0.3, 0.4) is 0 Å². The van der Waals surface area contributed by atoms with Gasteiger partial charge in [0.25, 0.3) is 0 Å². The van der Waals surface area contributed by atoms with Crippen molar-refractivity contribution in [1.29, 1.82) is 0 Å². The number of ether oxygens (including phenoxy) is 1. The van der Waals surface area contributed by atoms with E-state index in [4.69, 9.17) is 4.74 Å². The van der Waals surface area contributed by atoms with Crippen molar-refractivity contribution in [3.05, 3.63) is 29.8 Å². The van der Waals surface area contributed by atoms with Crippen LogP contribution in [0.2, 0.25) is 0 Å². The molecule has 0 aromatic heterocycles. The molecule has 22 heavy (non-hydrogen) atoms. The Morgan fingerprint density at radius 1 is 1.41 bits per heavy atom. The highest BCUT2D eigenvalue weighted by atomic mass is 16.5. The van der Waals surface area contributed by atoms with Crippen molar-refractivity contribution in [2.75, 3.05) is 20.2 Å². The minimum absolute atomic E-state index is 0.0109. The Bertz CT molecular complexity index is 614. The molecule has 2 fully saturated rings. The van der Waals surface area contributed by atoms with E-state index in [9.17, 15) is 14.7 Å². The monoisotopic (exact) mass is 303 g/mol. The third-order valence-corrected chi connectivity index (χ3v) is 4.93. The number of carbonyl (C=O) groups is 2. The van der Waals surface area contributed by atoms with Gasteiger partial charge < -0.3 is 14.7 Å². The summed E-state index contributed by atoms with van der Waals surface area (Å²) in [7, 11) is 1.63. The molecule has 1 aliphatic heterocycles. The highest BCUT2D eigenvalue weighted by molar-refractivity contribution is 5.85. The van der Waals surface area contributed by atoms with Crippen molar-refractivity contribution in [3.63, 3.8) is 0 Å². The van der Waals surface area contributed by atoms with E-state index in [0.29, 0.717) is 19.5 Å². The zero-order valence-electron chi connectivity index (χ0n) is 12.9. The zero-order chi connectivity index (χ0) is 15.9. The van der Waals surface area contributed by atoms with Crippen molar-refractivity contribution >= 4 is 11.9 Å². The van der Waals surface area contributed by atoms with Crippen molar-refractivity contribution in [2.24, 2.45) is 11.3 Å². The summed E-state index contributed by atoms with van der Waals surface area (Å²) in [4.78, 5) is 25.6. The number of amides is 1. The largest absolute Gasteiger partial charge is 0.497 e. The Balaban J connectivity index is 1.65. The maximum absolute atomic E-state index is 12.6. The fourth-order valence-corrected chi connectivity index (χ4v) is 3.27. The molecule has 0 spiro atoms. The minimum atomic E-state index is -0.817. The maximum Gasteiger partial charge on any atom is 0.311 e. The van der Waals surface area contributed by atoms with E-state index in [2.05, 4.69) is 0 Å². The molecule has 1 heterocycles. The van der Waals surface area contributed by atoms with Gasteiger partial charge >= 0.3 is 5.97 Å². The maximum atomic E-state index is 12.6. The van der Waals surface area contributed by atoms with Gasteiger partial charge in [0.15, 0.2) is 0 Å². The van der Waals surface area contributed by atoms with Gasteiger partial charge in [0.05, 0.1) is 12.5 Å². The van der Waals surface area contributed by atoms with Gasteiger partial charge in [0.1, 0.15) is 5.75 Å². The minimum Gasteiger partial charge on any atom is -0.497 e. The van der Waals surface area contributed by atoms with Crippen LogP contribution in [-0.4, -0.2) is 42.1 Å². The van der Waals surface area contributed by atoms with Gasteiger partial charge in [-0.1, -0.05) is 12.1 Å². The number of benzene rings is 1. The number of aliphatic carboxylic acids is 1. The molecular weight excluding hydrogens is 282 g/mol. The molecule has 2 aliphatic rings. The molecule has 1 saturated carbocycles. The van der Waals surface area contributed by atoms with E-state index < -0.39 is 11.4 Å². The molecule has 1 saturated heterocycles.